The highest BCUT2D eigenvalue weighted by Crippen LogP contribution is 2.33. The third-order valence-electron chi connectivity index (χ3n) is 3.07. The van der Waals surface area contributed by atoms with Gasteiger partial charge in [-0.25, -0.2) is 4.79 Å². The van der Waals surface area contributed by atoms with Gasteiger partial charge in [0.1, 0.15) is 12.4 Å². The van der Waals surface area contributed by atoms with Crippen LogP contribution in [0.3, 0.4) is 0 Å². The third-order valence-corrected chi connectivity index (χ3v) is 4.19. The molecule has 132 valence electrons. The maximum atomic E-state index is 12.3. The van der Waals surface area contributed by atoms with Gasteiger partial charge in [0.05, 0.1) is 27.2 Å². The van der Waals surface area contributed by atoms with Crippen molar-refractivity contribution in [1.29, 1.82) is 0 Å². The summed E-state index contributed by atoms with van der Waals surface area (Å²) in [6.07, 6.45) is 0.517. The number of hydrogen-bond acceptors (Lipinski definition) is 5. The van der Waals surface area contributed by atoms with E-state index in [1.54, 1.807) is 25.3 Å². The number of benzene rings is 2. The van der Waals surface area contributed by atoms with Crippen LogP contribution in [0.2, 0.25) is 10.0 Å². The summed E-state index contributed by atoms with van der Waals surface area (Å²) >= 11 is 15.2. The second-order valence-corrected chi connectivity index (χ2v) is 6.50. The maximum absolute atomic E-state index is 12.3. The van der Waals surface area contributed by atoms with E-state index >= 15 is 0 Å². The van der Waals surface area contributed by atoms with Crippen LogP contribution in [0.5, 0.6) is 11.5 Å². The van der Waals surface area contributed by atoms with Crippen LogP contribution >= 0.6 is 39.1 Å². The highest BCUT2D eigenvalue weighted by molar-refractivity contribution is 9.10. The standard InChI is InChI=1S/C17H13BrCl2O5/c1-23-4-5-24-15-3-2-10(7-13(15)18)17(22)25-16-11(9-21)6-12(19)8-14(16)20/h2-3,6-9H,4-5H2,1H3. The number of hydrogen-bond donors (Lipinski definition) is 0. The monoisotopic (exact) mass is 446 g/mol. The zero-order valence-corrected chi connectivity index (χ0v) is 16.2. The average Bonchev–Trinajstić information content (AvgIpc) is 2.58. The molecular formula is C17H13BrCl2O5. The molecule has 0 amide bonds. The van der Waals surface area contributed by atoms with Gasteiger partial charge in [0.2, 0.25) is 0 Å². The number of halogens is 3. The molecule has 0 saturated carbocycles. The number of aldehydes is 1. The summed E-state index contributed by atoms with van der Waals surface area (Å²) in [7, 11) is 1.58. The van der Waals surface area contributed by atoms with Crippen LogP contribution in [0.15, 0.2) is 34.8 Å². The molecule has 25 heavy (non-hydrogen) atoms. The Morgan fingerprint density at radius 3 is 2.60 bits per heavy atom. The molecule has 0 N–H and O–H groups in total. The normalized spacial score (nSPS) is 10.4. The number of rotatable bonds is 7. The topological polar surface area (TPSA) is 61.8 Å². The smallest absolute Gasteiger partial charge is 0.343 e. The molecule has 2 aromatic carbocycles. The van der Waals surface area contributed by atoms with Gasteiger partial charge < -0.3 is 14.2 Å². The van der Waals surface area contributed by atoms with E-state index < -0.39 is 5.97 Å². The molecule has 0 fully saturated rings. The minimum Gasteiger partial charge on any atom is -0.490 e. The van der Waals surface area contributed by atoms with Crippen LogP contribution < -0.4 is 9.47 Å². The quantitative estimate of drug-likeness (QED) is 0.263. The maximum Gasteiger partial charge on any atom is 0.343 e. The first-order valence-corrected chi connectivity index (χ1v) is 8.59. The second kappa shape index (κ2) is 9.20. The van der Waals surface area contributed by atoms with Crippen LogP contribution in [-0.4, -0.2) is 32.6 Å². The van der Waals surface area contributed by atoms with Crippen molar-refractivity contribution in [2.75, 3.05) is 20.3 Å². The van der Waals surface area contributed by atoms with Crippen molar-refractivity contribution < 1.29 is 23.8 Å². The molecule has 8 heteroatoms. The Kier molecular flexibility index (Phi) is 7.25. The van der Waals surface area contributed by atoms with Gasteiger partial charge >= 0.3 is 5.97 Å². The Bertz CT molecular complexity index is 795. The number of esters is 1. The van der Waals surface area contributed by atoms with Gasteiger partial charge in [-0.05, 0) is 46.3 Å². The van der Waals surface area contributed by atoms with Crippen LogP contribution in [0.25, 0.3) is 0 Å². The zero-order valence-electron chi connectivity index (χ0n) is 13.1. The summed E-state index contributed by atoms with van der Waals surface area (Å²) in [5.41, 5.74) is 0.346. The van der Waals surface area contributed by atoms with E-state index in [9.17, 15) is 9.59 Å². The Labute approximate surface area is 162 Å². The summed E-state index contributed by atoms with van der Waals surface area (Å²) in [6, 6.07) is 7.47. The lowest BCUT2D eigenvalue weighted by Gasteiger charge is -2.11. The summed E-state index contributed by atoms with van der Waals surface area (Å²) in [4.78, 5) is 23.5. The van der Waals surface area contributed by atoms with E-state index in [0.29, 0.717) is 29.7 Å². The van der Waals surface area contributed by atoms with Crippen molar-refractivity contribution in [3.63, 3.8) is 0 Å². The Morgan fingerprint density at radius 2 is 1.96 bits per heavy atom. The van der Waals surface area contributed by atoms with Crippen LogP contribution in [-0.2, 0) is 4.74 Å². The van der Waals surface area contributed by atoms with Crippen LogP contribution in [0, 0.1) is 0 Å². The van der Waals surface area contributed by atoms with Gasteiger partial charge in [-0.2, -0.15) is 0 Å². The Balaban J connectivity index is 2.19. The van der Waals surface area contributed by atoms with Crippen molar-refractivity contribution in [3.8, 4) is 11.5 Å². The largest absolute Gasteiger partial charge is 0.490 e. The van der Waals surface area contributed by atoms with Crippen molar-refractivity contribution in [2.24, 2.45) is 0 Å². The lowest BCUT2D eigenvalue weighted by molar-refractivity contribution is 0.0733. The highest BCUT2D eigenvalue weighted by Gasteiger charge is 2.17. The summed E-state index contributed by atoms with van der Waals surface area (Å²) in [6.45, 7) is 0.821. The lowest BCUT2D eigenvalue weighted by Crippen LogP contribution is -2.11. The van der Waals surface area contributed by atoms with Crippen molar-refractivity contribution >= 4 is 51.4 Å². The fourth-order valence-electron chi connectivity index (χ4n) is 1.91. The number of carbonyl (C=O) groups excluding carboxylic acids is 2. The van der Waals surface area contributed by atoms with E-state index in [1.807, 2.05) is 0 Å². The molecule has 2 aromatic rings. The molecule has 0 bridgehead atoms. The molecule has 0 aromatic heterocycles. The third kappa shape index (κ3) is 5.19. The van der Waals surface area contributed by atoms with Gasteiger partial charge in [0, 0.05) is 12.1 Å². The van der Waals surface area contributed by atoms with Gasteiger partial charge in [0.25, 0.3) is 0 Å². The molecule has 0 heterocycles. The van der Waals surface area contributed by atoms with Crippen LogP contribution in [0.1, 0.15) is 20.7 Å². The molecule has 0 aliphatic heterocycles. The molecule has 0 aliphatic carbocycles. The van der Waals surface area contributed by atoms with Gasteiger partial charge in [-0.15, -0.1) is 0 Å². The molecule has 0 unspecified atom stereocenters. The first-order valence-electron chi connectivity index (χ1n) is 7.04. The molecule has 0 aliphatic rings. The number of ether oxygens (including phenoxy) is 3. The SMILES string of the molecule is COCCOc1ccc(C(=O)Oc2c(Cl)cc(Cl)cc2C=O)cc1Br. The van der Waals surface area contributed by atoms with E-state index in [2.05, 4.69) is 15.9 Å². The predicted octanol–water partition coefficient (Wildman–Crippen LogP) is 4.81. The van der Waals surface area contributed by atoms with Crippen molar-refractivity contribution in [2.45, 2.75) is 0 Å². The summed E-state index contributed by atoms with van der Waals surface area (Å²) in [5, 5.41) is 0.341. The van der Waals surface area contributed by atoms with Gasteiger partial charge in [-0.1, -0.05) is 23.2 Å². The van der Waals surface area contributed by atoms with Gasteiger partial charge in [-0.3, -0.25) is 4.79 Å². The Hall–Kier alpha value is -1.60. The molecular weight excluding hydrogens is 435 g/mol. The lowest BCUT2D eigenvalue weighted by atomic mass is 10.2. The Morgan fingerprint density at radius 1 is 1.20 bits per heavy atom. The predicted molar refractivity (Wildman–Crippen MR) is 98.3 cm³/mol. The number of methoxy groups -OCH3 is 1. The van der Waals surface area contributed by atoms with E-state index in [0.717, 1.165) is 0 Å². The molecule has 5 nitrogen and oxygen atoms in total. The molecule has 2 rings (SSSR count). The molecule has 0 radical (unpaired) electrons. The van der Waals surface area contributed by atoms with Crippen LogP contribution in [0.4, 0.5) is 0 Å². The first-order chi connectivity index (χ1) is 12.0. The molecule has 0 spiro atoms. The van der Waals surface area contributed by atoms with Crippen molar-refractivity contribution in [1.82, 2.24) is 0 Å². The average molecular weight is 448 g/mol. The second-order valence-electron chi connectivity index (χ2n) is 4.80. The highest BCUT2D eigenvalue weighted by atomic mass is 79.9. The number of carbonyl (C=O) groups is 2. The fraction of sp³-hybridized carbons (Fsp3) is 0.176. The van der Waals surface area contributed by atoms with Crippen molar-refractivity contribution in [3.05, 3.63) is 56.0 Å². The zero-order chi connectivity index (χ0) is 18.4. The van der Waals surface area contributed by atoms with E-state index in [1.165, 1.54) is 12.1 Å². The van der Waals surface area contributed by atoms with E-state index in [4.69, 9.17) is 37.4 Å². The minimum absolute atomic E-state index is 0.0392. The minimum atomic E-state index is -0.670. The summed E-state index contributed by atoms with van der Waals surface area (Å²) in [5.74, 6) is -0.147. The van der Waals surface area contributed by atoms with E-state index in [-0.39, 0.29) is 26.9 Å². The first kappa shape index (κ1) is 19.7. The van der Waals surface area contributed by atoms with Gasteiger partial charge in [0.15, 0.2) is 12.0 Å². The summed E-state index contributed by atoms with van der Waals surface area (Å²) < 4.78 is 16.2. The molecule has 0 atom stereocenters. The molecule has 0 saturated heterocycles. The fourth-order valence-corrected chi connectivity index (χ4v) is 2.95.